The van der Waals surface area contributed by atoms with E-state index in [0.29, 0.717) is 6.54 Å². The number of carbonyl (C=O) groups excluding carboxylic acids is 1. The number of aromatic nitrogens is 1. The van der Waals surface area contributed by atoms with Crippen molar-refractivity contribution in [1.29, 1.82) is 0 Å². The maximum Gasteiger partial charge on any atom is 0.325 e. The van der Waals surface area contributed by atoms with Crippen LogP contribution in [0.25, 0.3) is 0 Å². The highest BCUT2D eigenvalue weighted by molar-refractivity contribution is 7.90. The third-order valence-corrected chi connectivity index (χ3v) is 3.50. The van der Waals surface area contributed by atoms with Crippen LogP contribution in [0.2, 0.25) is 0 Å². The van der Waals surface area contributed by atoms with Crippen LogP contribution in [0.1, 0.15) is 6.92 Å². The minimum atomic E-state index is -3.39. The van der Waals surface area contributed by atoms with E-state index in [2.05, 4.69) is 9.72 Å². The Labute approximate surface area is 107 Å². The van der Waals surface area contributed by atoms with E-state index in [4.69, 9.17) is 0 Å². The second-order valence-corrected chi connectivity index (χ2v) is 5.67. The average Bonchev–Trinajstić information content (AvgIpc) is 2.34. The Balaban J connectivity index is 3.18. The molecule has 0 aromatic carbocycles. The molecule has 0 spiro atoms. The van der Waals surface area contributed by atoms with Gasteiger partial charge >= 0.3 is 5.97 Å². The zero-order chi connectivity index (χ0) is 13.8. The van der Waals surface area contributed by atoms with Crippen LogP contribution in [0.4, 0.5) is 5.82 Å². The maximum atomic E-state index is 11.6. The largest absolute Gasteiger partial charge is 0.468 e. The molecule has 0 saturated carbocycles. The molecule has 0 aliphatic carbocycles. The van der Waals surface area contributed by atoms with Crippen molar-refractivity contribution in [2.75, 3.05) is 31.4 Å². The van der Waals surface area contributed by atoms with E-state index in [-0.39, 0.29) is 17.3 Å². The molecule has 6 nitrogen and oxygen atoms in total. The molecule has 1 rings (SSSR count). The number of nitrogens with zero attached hydrogens (tertiary/aromatic N) is 2. The summed E-state index contributed by atoms with van der Waals surface area (Å²) >= 11 is 0. The number of pyridine rings is 1. The summed E-state index contributed by atoms with van der Waals surface area (Å²) in [5.74, 6) is -0.171. The Kier molecular flexibility index (Phi) is 4.66. The molecular weight excluding hydrogens is 256 g/mol. The SMILES string of the molecule is CCN(CC(=O)OC)c1ncccc1S(C)(=O)=O. The predicted octanol–water partition coefficient (Wildman–Crippen LogP) is 0.484. The molecular formula is C11H16N2O4S. The van der Waals surface area contributed by atoms with Crippen molar-refractivity contribution in [2.24, 2.45) is 0 Å². The van der Waals surface area contributed by atoms with Gasteiger partial charge in [-0.2, -0.15) is 0 Å². The molecule has 0 aliphatic rings. The lowest BCUT2D eigenvalue weighted by Crippen LogP contribution is -2.32. The first-order chi connectivity index (χ1) is 8.40. The lowest BCUT2D eigenvalue weighted by molar-refractivity contribution is -0.138. The number of ether oxygens (including phenoxy) is 1. The number of sulfone groups is 1. The number of rotatable bonds is 5. The quantitative estimate of drug-likeness (QED) is 0.726. The molecule has 1 aromatic rings. The number of hydrogen-bond acceptors (Lipinski definition) is 6. The summed E-state index contributed by atoms with van der Waals surface area (Å²) in [6.45, 7) is 2.23. The molecule has 0 fully saturated rings. The van der Waals surface area contributed by atoms with Crippen LogP contribution in [-0.4, -0.2) is 45.8 Å². The first kappa shape index (κ1) is 14.4. The van der Waals surface area contributed by atoms with E-state index >= 15 is 0 Å². The normalized spacial score (nSPS) is 11.1. The van der Waals surface area contributed by atoms with Crippen LogP contribution >= 0.6 is 0 Å². The highest BCUT2D eigenvalue weighted by atomic mass is 32.2. The molecule has 0 unspecified atom stereocenters. The molecule has 0 radical (unpaired) electrons. The van der Waals surface area contributed by atoms with Crippen LogP contribution in [0.15, 0.2) is 23.2 Å². The Morgan fingerprint density at radius 1 is 1.50 bits per heavy atom. The van der Waals surface area contributed by atoms with Gasteiger partial charge in [-0.15, -0.1) is 0 Å². The van der Waals surface area contributed by atoms with Gasteiger partial charge in [0.2, 0.25) is 0 Å². The molecule has 18 heavy (non-hydrogen) atoms. The summed E-state index contributed by atoms with van der Waals surface area (Å²) in [5.41, 5.74) is 0. The molecule has 1 heterocycles. The molecule has 100 valence electrons. The molecule has 0 atom stereocenters. The Morgan fingerprint density at radius 2 is 2.17 bits per heavy atom. The predicted molar refractivity (Wildman–Crippen MR) is 67.2 cm³/mol. The van der Waals surface area contributed by atoms with Gasteiger partial charge in [-0.1, -0.05) is 0 Å². The van der Waals surface area contributed by atoms with Gasteiger partial charge in [-0.25, -0.2) is 13.4 Å². The Morgan fingerprint density at radius 3 is 2.67 bits per heavy atom. The fraction of sp³-hybridized carbons (Fsp3) is 0.455. The van der Waals surface area contributed by atoms with Crippen molar-refractivity contribution >= 4 is 21.6 Å². The van der Waals surface area contributed by atoms with Crippen LogP contribution in [0.3, 0.4) is 0 Å². The summed E-state index contributed by atoms with van der Waals surface area (Å²) < 4.78 is 27.9. The van der Waals surface area contributed by atoms with Gasteiger partial charge in [-0.05, 0) is 19.1 Å². The average molecular weight is 272 g/mol. The lowest BCUT2D eigenvalue weighted by atomic mass is 10.4. The van der Waals surface area contributed by atoms with Crippen LogP contribution in [0.5, 0.6) is 0 Å². The third-order valence-electron chi connectivity index (χ3n) is 2.38. The molecule has 7 heteroatoms. The number of hydrogen-bond donors (Lipinski definition) is 0. The fourth-order valence-electron chi connectivity index (χ4n) is 1.47. The summed E-state index contributed by atoms with van der Waals surface area (Å²) in [6.07, 6.45) is 2.60. The van der Waals surface area contributed by atoms with Gasteiger partial charge < -0.3 is 9.64 Å². The van der Waals surface area contributed by atoms with Crippen molar-refractivity contribution in [3.8, 4) is 0 Å². The molecule has 0 aliphatic heterocycles. The minimum Gasteiger partial charge on any atom is -0.468 e. The topological polar surface area (TPSA) is 76.6 Å². The molecule has 0 saturated heterocycles. The van der Waals surface area contributed by atoms with Crippen LogP contribution < -0.4 is 4.90 Å². The summed E-state index contributed by atoms with van der Waals surface area (Å²) in [7, 11) is -2.10. The van der Waals surface area contributed by atoms with Gasteiger partial charge in [0.1, 0.15) is 17.3 Å². The zero-order valence-corrected chi connectivity index (χ0v) is 11.4. The Hall–Kier alpha value is -1.63. The lowest BCUT2D eigenvalue weighted by Gasteiger charge is -2.22. The number of likely N-dealkylation sites (N-methyl/N-ethyl adjacent to an activating group) is 1. The standard InChI is InChI=1S/C11H16N2O4S/c1-4-13(8-10(14)17-2)11-9(18(3,15)16)6-5-7-12-11/h5-7H,4,8H2,1-3H3. The highest BCUT2D eigenvalue weighted by Crippen LogP contribution is 2.21. The van der Waals surface area contributed by atoms with Gasteiger partial charge in [0.25, 0.3) is 0 Å². The summed E-state index contributed by atoms with van der Waals surface area (Å²) in [4.78, 5) is 17.0. The van der Waals surface area contributed by atoms with Crippen molar-refractivity contribution in [1.82, 2.24) is 4.98 Å². The second kappa shape index (κ2) is 5.81. The van der Waals surface area contributed by atoms with E-state index in [9.17, 15) is 13.2 Å². The van der Waals surface area contributed by atoms with Crippen LogP contribution in [0, 0.1) is 0 Å². The number of anilines is 1. The number of methoxy groups -OCH3 is 1. The zero-order valence-electron chi connectivity index (χ0n) is 10.6. The minimum absolute atomic E-state index is 0.0352. The van der Waals surface area contributed by atoms with Gasteiger partial charge in [0.15, 0.2) is 9.84 Å². The van der Waals surface area contributed by atoms with E-state index < -0.39 is 15.8 Å². The van der Waals surface area contributed by atoms with Crippen LogP contribution in [-0.2, 0) is 19.4 Å². The number of esters is 1. The number of carbonyl (C=O) groups is 1. The summed E-state index contributed by atoms with van der Waals surface area (Å²) in [6, 6.07) is 3.02. The molecule has 0 bridgehead atoms. The van der Waals surface area contributed by atoms with Crippen molar-refractivity contribution < 1.29 is 17.9 Å². The smallest absolute Gasteiger partial charge is 0.325 e. The van der Waals surface area contributed by atoms with Gasteiger partial charge in [0, 0.05) is 19.0 Å². The maximum absolute atomic E-state index is 11.6. The molecule has 0 N–H and O–H groups in total. The van der Waals surface area contributed by atoms with E-state index in [1.54, 1.807) is 11.0 Å². The third kappa shape index (κ3) is 3.43. The second-order valence-electron chi connectivity index (χ2n) is 3.69. The van der Waals surface area contributed by atoms with E-state index in [1.165, 1.54) is 19.4 Å². The summed E-state index contributed by atoms with van der Waals surface area (Å²) in [5, 5.41) is 0. The Bertz CT molecular complexity index is 528. The van der Waals surface area contributed by atoms with Gasteiger partial charge in [0.05, 0.1) is 7.11 Å². The monoisotopic (exact) mass is 272 g/mol. The van der Waals surface area contributed by atoms with Crippen molar-refractivity contribution in [3.63, 3.8) is 0 Å². The van der Waals surface area contributed by atoms with Crippen molar-refractivity contribution in [2.45, 2.75) is 11.8 Å². The molecule has 0 amide bonds. The van der Waals surface area contributed by atoms with Gasteiger partial charge in [-0.3, -0.25) is 4.79 Å². The van der Waals surface area contributed by atoms with Crippen molar-refractivity contribution in [3.05, 3.63) is 18.3 Å². The highest BCUT2D eigenvalue weighted by Gasteiger charge is 2.20. The van der Waals surface area contributed by atoms with E-state index in [0.717, 1.165) is 6.26 Å². The van der Waals surface area contributed by atoms with E-state index in [1.807, 2.05) is 6.92 Å². The first-order valence-corrected chi connectivity index (χ1v) is 7.26. The molecule has 1 aromatic heterocycles. The fourth-order valence-corrected chi connectivity index (χ4v) is 2.31. The first-order valence-electron chi connectivity index (χ1n) is 5.37.